The molecule has 0 bridgehead atoms. The lowest BCUT2D eigenvalue weighted by Crippen LogP contribution is -2.43. The molecule has 0 saturated carbocycles. The molecule has 0 unspecified atom stereocenters. The molecule has 1 aliphatic heterocycles. The van der Waals surface area contributed by atoms with Gasteiger partial charge in [-0.15, -0.1) is 0 Å². The van der Waals surface area contributed by atoms with Gasteiger partial charge >= 0.3 is 0 Å². The van der Waals surface area contributed by atoms with Crippen LogP contribution in [0.3, 0.4) is 0 Å². The summed E-state index contributed by atoms with van der Waals surface area (Å²) in [6.07, 6.45) is 7.08. The highest BCUT2D eigenvalue weighted by atomic mass is 15.2. The molecule has 0 aromatic carbocycles. The topological polar surface area (TPSA) is 15.3 Å². The van der Waals surface area contributed by atoms with E-state index in [9.17, 15) is 0 Å². The van der Waals surface area contributed by atoms with Crippen LogP contribution in [-0.4, -0.2) is 37.6 Å². The maximum absolute atomic E-state index is 3.35. The van der Waals surface area contributed by atoms with Gasteiger partial charge in [-0.25, -0.2) is 0 Å². The first-order valence-corrected chi connectivity index (χ1v) is 5.01. The summed E-state index contributed by atoms with van der Waals surface area (Å²) in [4.78, 5) is 2.49. The molecule has 0 aromatic heterocycles. The average Bonchev–Trinajstić information content (AvgIpc) is 2.14. The van der Waals surface area contributed by atoms with Crippen LogP contribution in [0.1, 0.15) is 19.8 Å². The average molecular weight is 168 g/mol. The van der Waals surface area contributed by atoms with Gasteiger partial charge in [0.05, 0.1) is 0 Å². The monoisotopic (exact) mass is 168 g/mol. The van der Waals surface area contributed by atoms with E-state index in [1.165, 1.54) is 25.9 Å². The van der Waals surface area contributed by atoms with E-state index in [1.54, 1.807) is 0 Å². The molecule has 1 rings (SSSR count). The second-order valence-corrected chi connectivity index (χ2v) is 3.31. The molecule has 0 amide bonds. The fraction of sp³-hybridized carbons (Fsp3) is 0.800. The molecule has 0 atom stereocenters. The third-order valence-corrected chi connectivity index (χ3v) is 2.20. The molecule has 0 radical (unpaired) electrons. The largest absolute Gasteiger partial charge is 0.314 e. The molecule has 1 fully saturated rings. The highest BCUT2D eigenvalue weighted by Gasteiger charge is 2.05. The van der Waals surface area contributed by atoms with Crippen molar-refractivity contribution in [2.75, 3.05) is 32.7 Å². The SMILES string of the molecule is CCCC=CCN1CCNCC1. The molecule has 1 saturated heterocycles. The van der Waals surface area contributed by atoms with Crippen molar-refractivity contribution in [3.8, 4) is 0 Å². The zero-order valence-corrected chi connectivity index (χ0v) is 8.05. The number of hydrogen-bond donors (Lipinski definition) is 1. The van der Waals surface area contributed by atoms with E-state index in [4.69, 9.17) is 0 Å². The van der Waals surface area contributed by atoms with E-state index in [-0.39, 0.29) is 0 Å². The van der Waals surface area contributed by atoms with Crippen molar-refractivity contribution in [2.24, 2.45) is 0 Å². The van der Waals surface area contributed by atoms with Crippen molar-refractivity contribution in [1.29, 1.82) is 0 Å². The van der Waals surface area contributed by atoms with Crippen molar-refractivity contribution >= 4 is 0 Å². The molecule has 1 aliphatic rings. The van der Waals surface area contributed by atoms with Gasteiger partial charge in [-0.05, 0) is 6.42 Å². The molecule has 0 spiro atoms. The quantitative estimate of drug-likeness (QED) is 0.636. The third kappa shape index (κ3) is 3.88. The van der Waals surface area contributed by atoms with Gasteiger partial charge in [0.1, 0.15) is 0 Å². The molecule has 70 valence electrons. The third-order valence-electron chi connectivity index (χ3n) is 2.20. The number of unbranched alkanes of at least 4 members (excludes halogenated alkanes) is 1. The fourth-order valence-corrected chi connectivity index (χ4v) is 1.40. The van der Waals surface area contributed by atoms with Gasteiger partial charge in [-0.1, -0.05) is 25.5 Å². The highest BCUT2D eigenvalue weighted by molar-refractivity contribution is 4.85. The van der Waals surface area contributed by atoms with Crippen molar-refractivity contribution in [3.05, 3.63) is 12.2 Å². The van der Waals surface area contributed by atoms with E-state index in [1.807, 2.05) is 0 Å². The first-order valence-electron chi connectivity index (χ1n) is 5.01. The van der Waals surface area contributed by atoms with Crippen LogP contribution in [0.5, 0.6) is 0 Å². The van der Waals surface area contributed by atoms with E-state index in [0.717, 1.165) is 19.6 Å². The van der Waals surface area contributed by atoms with Gasteiger partial charge in [0.25, 0.3) is 0 Å². The van der Waals surface area contributed by atoms with E-state index in [2.05, 4.69) is 29.3 Å². The molecule has 2 heteroatoms. The Morgan fingerprint density at radius 1 is 1.25 bits per heavy atom. The van der Waals surface area contributed by atoms with Crippen LogP contribution in [0.2, 0.25) is 0 Å². The van der Waals surface area contributed by atoms with Crippen molar-refractivity contribution in [1.82, 2.24) is 10.2 Å². The Morgan fingerprint density at radius 2 is 2.00 bits per heavy atom. The Bertz CT molecular complexity index is 126. The van der Waals surface area contributed by atoms with Crippen LogP contribution < -0.4 is 5.32 Å². The Balaban J connectivity index is 2.04. The zero-order chi connectivity index (χ0) is 8.65. The standard InChI is InChI=1S/C10H20N2/c1-2-3-4-5-8-12-9-6-11-7-10-12/h4-5,11H,2-3,6-10H2,1H3. The smallest absolute Gasteiger partial charge is 0.0164 e. The zero-order valence-electron chi connectivity index (χ0n) is 8.05. The summed E-state index contributed by atoms with van der Waals surface area (Å²) in [7, 11) is 0. The van der Waals surface area contributed by atoms with Gasteiger partial charge in [-0.3, -0.25) is 4.90 Å². The Kier molecular flexibility index (Phi) is 5.04. The molecule has 1 heterocycles. The number of rotatable bonds is 4. The lowest BCUT2D eigenvalue weighted by molar-refractivity contribution is 0.264. The summed E-state index contributed by atoms with van der Waals surface area (Å²) >= 11 is 0. The van der Waals surface area contributed by atoms with Gasteiger partial charge in [0.2, 0.25) is 0 Å². The fourth-order valence-electron chi connectivity index (χ4n) is 1.40. The molecular weight excluding hydrogens is 148 g/mol. The molecular formula is C10H20N2. The van der Waals surface area contributed by atoms with Crippen molar-refractivity contribution < 1.29 is 0 Å². The summed E-state index contributed by atoms with van der Waals surface area (Å²) in [6.45, 7) is 8.08. The van der Waals surface area contributed by atoms with Crippen LogP contribution in [0.4, 0.5) is 0 Å². The summed E-state index contributed by atoms with van der Waals surface area (Å²) < 4.78 is 0. The minimum absolute atomic E-state index is 1.14. The van der Waals surface area contributed by atoms with Crippen molar-refractivity contribution in [2.45, 2.75) is 19.8 Å². The molecule has 2 nitrogen and oxygen atoms in total. The van der Waals surface area contributed by atoms with Crippen LogP contribution in [0, 0.1) is 0 Å². The van der Waals surface area contributed by atoms with Gasteiger partial charge in [0, 0.05) is 32.7 Å². The summed E-state index contributed by atoms with van der Waals surface area (Å²) in [5, 5.41) is 3.35. The lowest BCUT2D eigenvalue weighted by atomic mass is 10.3. The summed E-state index contributed by atoms with van der Waals surface area (Å²) in [5.74, 6) is 0. The number of nitrogens with one attached hydrogen (secondary N) is 1. The van der Waals surface area contributed by atoms with Crippen LogP contribution in [0.25, 0.3) is 0 Å². The highest BCUT2D eigenvalue weighted by Crippen LogP contribution is 1.94. The van der Waals surface area contributed by atoms with Gasteiger partial charge in [-0.2, -0.15) is 0 Å². The Labute approximate surface area is 75.6 Å². The van der Waals surface area contributed by atoms with Crippen LogP contribution in [0.15, 0.2) is 12.2 Å². The number of allylic oxidation sites excluding steroid dienone is 1. The number of piperazine rings is 1. The van der Waals surface area contributed by atoms with Gasteiger partial charge in [0.15, 0.2) is 0 Å². The van der Waals surface area contributed by atoms with Crippen LogP contribution in [-0.2, 0) is 0 Å². The first kappa shape index (κ1) is 9.75. The normalized spacial score (nSPS) is 20.4. The van der Waals surface area contributed by atoms with Crippen molar-refractivity contribution in [3.63, 3.8) is 0 Å². The second kappa shape index (κ2) is 6.21. The van der Waals surface area contributed by atoms with E-state index in [0.29, 0.717) is 0 Å². The van der Waals surface area contributed by atoms with Gasteiger partial charge < -0.3 is 5.32 Å². The lowest BCUT2D eigenvalue weighted by Gasteiger charge is -2.25. The first-order chi connectivity index (χ1) is 5.93. The Hall–Kier alpha value is -0.340. The molecule has 12 heavy (non-hydrogen) atoms. The van der Waals surface area contributed by atoms with Crippen LogP contribution >= 0.6 is 0 Å². The predicted octanol–water partition coefficient (Wildman–Crippen LogP) is 1.25. The minimum atomic E-state index is 1.14. The minimum Gasteiger partial charge on any atom is -0.314 e. The molecule has 0 aromatic rings. The Morgan fingerprint density at radius 3 is 2.67 bits per heavy atom. The summed E-state index contributed by atoms with van der Waals surface area (Å²) in [6, 6.07) is 0. The number of nitrogens with zero attached hydrogens (tertiary/aromatic N) is 1. The second-order valence-electron chi connectivity index (χ2n) is 3.31. The van der Waals surface area contributed by atoms with E-state index < -0.39 is 0 Å². The molecule has 1 N–H and O–H groups in total. The summed E-state index contributed by atoms with van der Waals surface area (Å²) in [5.41, 5.74) is 0. The predicted molar refractivity (Wildman–Crippen MR) is 53.4 cm³/mol. The maximum Gasteiger partial charge on any atom is 0.0164 e. The maximum atomic E-state index is 3.35. The van der Waals surface area contributed by atoms with E-state index >= 15 is 0 Å². The number of hydrogen-bond acceptors (Lipinski definition) is 2. The molecule has 0 aliphatic carbocycles.